The van der Waals surface area contributed by atoms with Crippen LogP contribution in [-0.2, 0) is 6.54 Å². The van der Waals surface area contributed by atoms with Crippen molar-refractivity contribution in [3.63, 3.8) is 0 Å². The number of allylic oxidation sites excluding steroid dienone is 2. The van der Waals surface area contributed by atoms with Crippen LogP contribution in [0.4, 0.5) is 0 Å². The van der Waals surface area contributed by atoms with Crippen LogP contribution >= 0.6 is 0 Å². The summed E-state index contributed by atoms with van der Waals surface area (Å²) in [5.41, 5.74) is 4.49. The van der Waals surface area contributed by atoms with Crippen LogP contribution in [0, 0.1) is 32.1 Å². The molecule has 1 aromatic heterocycles. The standard InChI is InChI=1S/C20H20N2O/c1-5-10-22-15(3)11-19(16(22)4)20(23)18(13-21)12-17-9-7-6-8-14(17)2/h5-9,11-12H,1,10H2,2-4H3/b18-12+. The highest BCUT2D eigenvalue weighted by atomic mass is 16.1. The summed E-state index contributed by atoms with van der Waals surface area (Å²) in [6.07, 6.45) is 3.46. The predicted octanol–water partition coefficient (Wildman–Crippen LogP) is 4.39. The number of aromatic nitrogens is 1. The summed E-state index contributed by atoms with van der Waals surface area (Å²) in [5.74, 6) is -0.237. The Balaban J connectivity index is 2.46. The number of nitrogens with zero attached hydrogens (tertiary/aromatic N) is 2. The number of hydrogen-bond acceptors (Lipinski definition) is 2. The fourth-order valence-electron chi connectivity index (χ4n) is 2.64. The minimum Gasteiger partial charge on any atom is -0.345 e. The third-order valence-corrected chi connectivity index (χ3v) is 3.98. The maximum Gasteiger partial charge on any atom is 0.205 e. The Kier molecular flexibility index (Phi) is 4.98. The summed E-state index contributed by atoms with van der Waals surface area (Å²) >= 11 is 0. The number of aryl methyl sites for hydroxylation is 2. The van der Waals surface area contributed by atoms with E-state index >= 15 is 0 Å². The van der Waals surface area contributed by atoms with Crippen LogP contribution in [0.25, 0.3) is 6.08 Å². The SMILES string of the molecule is C=CCn1c(C)cc(C(=O)/C(C#N)=C/c2ccccc2C)c1C. The molecule has 2 rings (SSSR count). The molecule has 2 aromatic rings. The molecule has 1 aromatic carbocycles. The van der Waals surface area contributed by atoms with E-state index < -0.39 is 0 Å². The fraction of sp³-hybridized carbons (Fsp3) is 0.200. The van der Waals surface area contributed by atoms with Gasteiger partial charge in [-0.1, -0.05) is 30.3 Å². The van der Waals surface area contributed by atoms with Gasteiger partial charge in [-0.3, -0.25) is 4.79 Å². The molecule has 0 saturated heterocycles. The van der Waals surface area contributed by atoms with Gasteiger partial charge in [0, 0.05) is 23.5 Å². The number of nitriles is 1. The van der Waals surface area contributed by atoms with Crippen LogP contribution in [0.15, 0.2) is 48.6 Å². The molecule has 0 aliphatic rings. The van der Waals surface area contributed by atoms with Crippen LogP contribution in [0.2, 0.25) is 0 Å². The van der Waals surface area contributed by atoms with Crippen LogP contribution in [0.1, 0.15) is 32.9 Å². The average molecular weight is 304 g/mol. The van der Waals surface area contributed by atoms with Crippen LogP contribution in [-0.4, -0.2) is 10.4 Å². The van der Waals surface area contributed by atoms with E-state index in [2.05, 4.69) is 6.58 Å². The zero-order valence-electron chi connectivity index (χ0n) is 13.8. The Morgan fingerprint density at radius 3 is 2.61 bits per heavy atom. The number of carbonyl (C=O) groups is 1. The Hall–Kier alpha value is -2.86. The molecule has 0 aliphatic carbocycles. The first-order chi connectivity index (χ1) is 11.0. The third-order valence-electron chi connectivity index (χ3n) is 3.98. The number of hydrogen-bond donors (Lipinski definition) is 0. The van der Waals surface area contributed by atoms with Crippen molar-refractivity contribution in [2.75, 3.05) is 0 Å². The van der Waals surface area contributed by atoms with Gasteiger partial charge in [-0.15, -0.1) is 6.58 Å². The lowest BCUT2D eigenvalue weighted by atomic mass is 10.00. The topological polar surface area (TPSA) is 45.8 Å². The van der Waals surface area contributed by atoms with Gasteiger partial charge in [0.05, 0.1) is 0 Å². The second-order valence-corrected chi connectivity index (χ2v) is 5.54. The number of Topliss-reactive ketones (excluding diaryl/α,β-unsaturated/α-hetero) is 1. The Morgan fingerprint density at radius 1 is 1.30 bits per heavy atom. The molecule has 0 aliphatic heterocycles. The molecule has 1 heterocycles. The molecule has 0 saturated carbocycles. The van der Waals surface area contributed by atoms with Gasteiger partial charge in [-0.05, 0) is 44.0 Å². The molecule has 0 unspecified atom stereocenters. The molecular weight excluding hydrogens is 284 g/mol. The van der Waals surface area contributed by atoms with E-state index in [4.69, 9.17) is 0 Å². The van der Waals surface area contributed by atoms with E-state index in [0.29, 0.717) is 12.1 Å². The zero-order chi connectivity index (χ0) is 17.0. The Morgan fingerprint density at radius 2 is 2.00 bits per heavy atom. The largest absolute Gasteiger partial charge is 0.345 e. The first kappa shape index (κ1) is 16.5. The van der Waals surface area contributed by atoms with E-state index in [1.165, 1.54) is 0 Å². The van der Waals surface area contributed by atoms with Crippen molar-refractivity contribution in [2.24, 2.45) is 0 Å². The summed E-state index contributed by atoms with van der Waals surface area (Å²) in [6, 6.07) is 11.6. The van der Waals surface area contributed by atoms with Gasteiger partial charge in [0.15, 0.2) is 0 Å². The van der Waals surface area contributed by atoms with E-state index in [9.17, 15) is 10.1 Å². The fourth-order valence-corrected chi connectivity index (χ4v) is 2.64. The molecule has 23 heavy (non-hydrogen) atoms. The molecule has 0 spiro atoms. The number of benzene rings is 1. The summed E-state index contributed by atoms with van der Waals surface area (Å²) in [7, 11) is 0. The summed E-state index contributed by atoms with van der Waals surface area (Å²) < 4.78 is 2.02. The van der Waals surface area contributed by atoms with Crippen molar-refractivity contribution in [2.45, 2.75) is 27.3 Å². The molecule has 3 nitrogen and oxygen atoms in total. The molecular formula is C20H20N2O. The van der Waals surface area contributed by atoms with Gasteiger partial charge in [0.25, 0.3) is 0 Å². The molecule has 0 amide bonds. The zero-order valence-corrected chi connectivity index (χ0v) is 13.8. The van der Waals surface area contributed by atoms with Crippen LogP contribution in [0.5, 0.6) is 0 Å². The third kappa shape index (κ3) is 3.32. The van der Waals surface area contributed by atoms with E-state index in [1.807, 2.05) is 61.7 Å². The average Bonchev–Trinajstić information content (AvgIpc) is 2.82. The minimum absolute atomic E-state index is 0.151. The summed E-state index contributed by atoms with van der Waals surface area (Å²) in [6.45, 7) is 10.2. The van der Waals surface area contributed by atoms with Gasteiger partial charge in [0.2, 0.25) is 5.78 Å². The molecule has 0 radical (unpaired) electrons. The second-order valence-electron chi connectivity index (χ2n) is 5.54. The van der Waals surface area contributed by atoms with E-state index in [0.717, 1.165) is 22.5 Å². The minimum atomic E-state index is -0.237. The van der Waals surface area contributed by atoms with Crippen molar-refractivity contribution in [3.05, 3.63) is 76.6 Å². The van der Waals surface area contributed by atoms with Gasteiger partial charge in [-0.2, -0.15) is 5.26 Å². The van der Waals surface area contributed by atoms with Gasteiger partial charge < -0.3 is 4.57 Å². The monoisotopic (exact) mass is 304 g/mol. The lowest BCUT2D eigenvalue weighted by Crippen LogP contribution is -2.06. The highest BCUT2D eigenvalue weighted by Crippen LogP contribution is 2.21. The first-order valence-corrected chi connectivity index (χ1v) is 7.49. The normalized spacial score (nSPS) is 11.1. The van der Waals surface area contributed by atoms with Crippen molar-refractivity contribution in [1.29, 1.82) is 5.26 Å². The van der Waals surface area contributed by atoms with Crippen molar-refractivity contribution >= 4 is 11.9 Å². The number of ketones is 1. The predicted molar refractivity (Wildman–Crippen MR) is 93.2 cm³/mol. The van der Waals surface area contributed by atoms with Crippen LogP contribution < -0.4 is 0 Å². The van der Waals surface area contributed by atoms with Crippen LogP contribution in [0.3, 0.4) is 0 Å². The molecule has 0 bridgehead atoms. The molecule has 116 valence electrons. The lowest BCUT2D eigenvalue weighted by Gasteiger charge is -2.06. The second kappa shape index (κ2) is 6.93. The number of carbonyl (C=O) groups excluding carboxylic acids is 1. The quantitative estimate of drug-likeness (QED) is 0.356. The van der Waals surface area contributed by atoms with Gasteiger partial charge in [0.1, 0.15) is 11.6 Å². The Bertz CT molecular complexity index is 832. The molecule has 0 N–H and O–H groups in total. The van der Waals surface area contributed by atoms with Crippen molar-refractivity contribution in [3.8, 4) is 6.07 Å². The maximum absolute atomic E-state index is 12.8. The lowest BCUT2D eigenvalue weighted by molar-refractivity contribution is 0.103. The molecule has 0 fully saturated rings. The summed E-state index contributed by atoms with van der Waals surface area (Å²) in [4.78, 5) is 12.8. The number of rotatable bonds is 5. The highest BCUT2D eigenvalue weighted by Gasteiger charge is 2.19. The van der Waals surface area contributed by atoms with Crippen molar-refractivity contribution in [1.82, 2.24) is 4.57 Å². The van der Waals surface area contributed by atoms with Gasteiger partial charge in [-0.25, -0.2) is 0 Å². The van der Waals surface area contributed by atoms with E-state index in [1.54, 1.807) is 12.2 Å². The smallest absolute Gasteiger partial charge is 0.205 e. The van der Waals surface area contributed by atoms with Gasteiger partial charge >= 0.3 is 0 Å². The molecule has 0 atom stereocenters. The van der Waals surface area contributed by atoms with E-state index in [-0.39, 0.29) is 11.4 Å². The maximum atomic E-state index is 12.8. The first-order valence-electron chi connectivity index (χ1n) is 7.49. The molecule has 3 heteroatoms. The Labute approximate surface area is 137 Å². The highest BCUT2D eigenvalue weighted by molar-refractivity contribution is 6.14. The summed E-state index contributed by atoms with van der Waals surface area (Å²) in [5, 5.41) is 9.42. The van der Waals surface area contributed by atoms with Crippen molar-refractivity contribution < 1.29 is 4.79 Å².